The number of benzene rings is 1. The second-order valence-corrected chi connectivity index (χ2v) is 4.36. The highest BCUT2D eigenvalue weighted by atomic mass is 16.1. The van der Waals surface area contributed by atoms with Gasteiger partial charge in [0.15, 0.2) is 0 Å². The molecular formula is C14H16N2O. The second-order valence-electron chi connectivity index (χ2n) is 4.36. The van der Waals surface area contributed by atoms with Gasteiger partial charge in [-0.1, -0.05) is 18.2 Å². The van der Waals surface area contributed by atoms with Gasteiger partial charge in [0.05, 0.1) is 5.69 Å². The van der Waals surface area contributed by atoms with Crippen LogP contribution in [0.5, 0.6) is 0 Å². The molecule has 0 radical (unpaired) electrons. The normalized spacial score (nSPS) is 10.6. The van der Waals surface area contributed by atoms with Gasteiger partial charge >= 0.3 is 0 Å². The van der Waals surface area contributed by atoms with Crippen molar-refractivity contribution in [1.29, 1.82) is 0 Å². The number of nitrogens with zero attached hydrogens (tertiary/aromatic N) is 2. The van der Waals surface area contributed by atoms with Crippen molar-refractivity contribution in [3.63, 3.8) is 0 Å². The number of carbonyl (C=O) groups is 1. The molecule has 0 aliphatic rings. The fourth-order valence-electron chi connectivity index (χ4n) is 2.15. The highest BCUT2D eigenvalue weighted by Gasteiger charge is 2.12. The summed E-state index contributed by atoms with van der Waals surface area (Å²) >= 11 is 0. The van der Waals surface area contributed by atoms with E-state index in [2.05, 4.69) is 12.0 Å². The molecule has 0 spiro atoms. The first-order valence-corrected chi connectivity index (χ1v) is 5.61. The first-order chi connectivity index (χ1) is 8.04. The minimum atomic E-state index is 0.743. The highest BCUT2D eigenvalue weighted by molar-refractivity contribution is 5.80. The van der Waals surface area contributed by atoms with Crippen molar-refractivity contribution in [2.75, 3.05) is 0 Å². The van der Waals surface area contributed by atoms with E-state index in [-0.39, 0.29) is 0 Å². The number of aldehydes is 1. The van der Waals surface area contributed by atoms with Crippen LogP contribution in [0.15, 0.2) is 18.2 Å². The minimum absolute atomic E-state index is 0.743. The van der Waals surface area contributed by atoms with E-state index < -0.39 is 0 Å². The molecule has 3 nitrogen and oxygen atoms in total. The van der Waals surface area contributed by atoms with Crippen molar-refractivity contribution in [3.8, 4) is 11.1 Å². The average molecular weight is 228 g/mol. The van der Waals surface area contributed by atoms with E-state index in [0.717, 1.165) is 39.9 Å². The minimum Gasteiger partial charge on any atom is -0.298 e. The lowest BCUT2D eigenvalue weighted by Gasteiger charge is -2.05. The van der Waals surface area contributed by atoms with Gasteiger partial charge in [-0.3, -0.25) is 9.48 Å². The molecule has 0 bridgehead atoms. The first kappa shape index (κ1) is 11.6. The van der Waals surface area contributed by atoms with Crippen LogP contribution in [0.1, 0.15) is 27.3 Å². The Balaban J connectivity index is 2.61. The standard InChI is InChI=1S/C14H16N2O/c1-9-7-12(5-6-13(9)8-17)14-10(2)15-16(4)11(14)3/h5-8H,1-4H3. The van der Waals surface area contributed by atoms with Gasteiger partial charge in [-0.25, -0.2) is 0 Å². The average Bonchev–Trinajstić information content (AvgIpc) is 2.53. The maximum absolute atomic E-state index is 10.8. The van der Waals surface area contributed by atoms with Crippen LogP contribution < -0.4 is 0 Å². The van der Waals surface area contributed by atoms with Gasteiger partial charge < -0.3 is 0 Å². The van der Waals surface area contributed by atoms with Crippen LogP contribution in [-0.4, -0.2) is 16.1 Å². The van der Waals surface area contributed by atoms with Gasteiger partial charge in [-0.2, -0.15) is 5.10 Å². The molecular weight excluding hydrogens is 212 g/mol. The number of aryl methyl sites for hydroxylation is 3. The fraction of sp³-hybridized carbons (Fsp3) is 0.286. The molecule has 1 aromatic carbocycles. The summed E-state index contributed by atoms with van der Waals surface area (Å²) in [4.78, 5) is 10.8. The van der Waals surface area contributed by atoms with Crippen molar-refractivity contribution in [2.45, 2.75) is 20.8 Å². The molecule has 88 valence electrons. The number of hydrogen-bond donors (Lipinski definition) is 0. The summed E-state index contributed by atoms with van der Waals surface area (Å²) in [6.07, 6.45) is 0.891. The maximum Gasteiger partial charge on any atom is 0.150 e. The lowest BCUT2D eigenvalue weighted by molar-refractivity contribution is 0.112. The van der Waals surface area contributed by atoms with Gasteiger partial charge in [-0.05, 0) is 31.9 Å². The predicted molar refractivity (Wildman–Crippen MR) is 68.2 cm³/mol. The lowest BCUT2D eigenvalue weighted by atomic mass is 9.99. The van der Waals surface area contributed by atoms with Crippen LogP contribution >= 0.6 is 0 Å². The Labute approximate surface area is 101 Å². The SMILES string of the molecule is Cc1cc(-c2c(C)nn(C)c2C)ccc1C=O. The number of rotatable bonds is 2. The summed E-state index contributed by atoms with van der Waals surface area (Å²) in [5.74, 6) is 0. The zero-order chi connectivity index (χ0) is 12.6. The van der Waals surface area contributed by atoms with E-state index >= 15 is 0 Å². The van der Waals surface area contributed by atoms with E-state index in [0.29, 0.717) is 0 Å². The molecule has 0 fully saturated rings. The van der Waals surface area contributed by atoms with E-state index in [1.807, 2.05) is 43.8 Å². The summed E-state index contributed by atoms with van der Waals surface area (Å²) < 4.78 is 1.88. The molecule has 0 unspecified atom stereocenters. The van der Waals surface area contributed by atoms with Gasteiger partial charge in [0.2, 0.25) is 0 Å². The molecule has 0 N–H and O–H groups in total. The Morgan fingerprint density at radius 2 is 1.94 bits per heavy atom. The monoisotopic (exact) mass is 228 g/mol. The van der Waals surface area contributed by atoms with E-state index in [1.165, 1.54) is 0 Å². The van der Waals surface area contributed by atoms with E-state index in [4.69, 9.17) is 0 Å². The summed E-state index contributed by atoms with van der Waals surface area (Å²) in [7, 11) is 1.94. The molecule has 1 heterocycles. The van der Waals surface area contributed by atoms with E-state index in [9.17, 15) is 4.79 Å². The van der Waals surface area contributed by atoms with E-state index in [1.54, 1.807) is 0 Å². The van der Waals surface area contributed by atoms with Gasteiger partial charge in [-0.15, -0.1) is 0 Å². The van der Waals surface area contributed by atoms with Gasteiger partial charge in [0.25, 0.3) is 0 Å². The Morgan fingerprint density at radius 1 is 1.24 bits per heavy atom. The summed E-state index contributed by atoms with van der Waals surface area (Å²) in [5, 5.41) is 4.41. The highest BCUT2D eigenvalue weighted by Crippen LogP contribution is 2.27. The quantitative estimate of drug-likeness (QED) is 0.741. The van der Waals surface area contributed by atoms with Crippen LogP contribution in [0.4, 0.5) is 0 Å². The molecule has 17 heavy (non-hydrogen) atoms. The fourth-order valence-corrected chi connectivity index (χ4v) is 2.15. The Bertz CT molecular complexity index is 582. The lowest BCUT2D eigenvalue weighted by Crippen LogP contribution is -1.93. The zero-order valence-electron chi connectivity index (χ0n) is 10.6. The zero-order valence-corrected chi connectivity index (χ0v) is 10.6. The number of aromatic nitrogens is 2. The predicted octanol–water partition coefficient (Wildman–Crippen LogP) is 2.82. The van der Waals surface area contributed by atoms with Crippen LogP contribution in [0, 0.1) is 20.8 Å². The molecule has 0 saturated heterocycles. The van der Waals surface area contributed by atoms with Crippen LogP contribution in [-0.2, 0) is 7.05 Å². The first-order valence-electron chi connectivity index (χ1n) is 5.61. The molecule has 3 heteroatoms. The Morgan fingerprint density at radius 3 is 2.41 bits per heavy atom. The topological polar surface area (TPSA) is 34.9 Å². The van der Waals surface area contributed by atoms with Crippen LogP contribution in [0.2, 0.25) is 0 Å². The third-order valence-electron chi connectivity index (χ3n) is 3.19. The molecule has 0 aliphatic heterocycles. The molecule has 2 rings (SSSR count). The molecule has 0 atom stereocenters. The second kappa shape index (κ2) is 4.17. The van der Waals surface area contributed by atoms with Crippen molar-refractivity contribution in [1.82, 2.24) is 9.78 Å². The summed E-state index contributed by atoms with van der Waals surface area (Å²) in [6, 6.07) is 5.89. The van der Waals surface area contributed by atoms with Gasteiger partial charge in [0, 0.05) is 23.9 Å². The summed E-state index contributed by atoms with van der Waals surface area (Å²) in [6.45, 7) is 6.01. The maximum atomic E-state index is 10.8. The Kier molecular flexibility index (Phi) is 2.84. The number of hydrogen-bond acceptors (Lipinski definition) is 2. The molecule has 2 aromatic rings. The van der Waals surface area contributed by atoms with Crippen molar-refractivity contribution in [3.05, 3.63) is 40.7 Å². The molecule has 0 amide bonds. The molecule has 1 aromatic heterocycles. The van der Waals surface area contributed by atoms with Crippen LogP contribution in [0.25, 0.3) is 11.1 Å². The van der Waals surface area contributed by atoms with Crippen LogP contribution in [0.3, 0.4) is 0 Å². The Hall–Kier alpha value is -1.90. The molecule has 0 aliphatic carbocycles. The van der Waals surface area contributed by atoms with Gasteiger partial charge in [0.1, 0.15) is 6.29 Å². The largest absolute Gasteiger partial charge is 0.298 e. The smallest absolute Gasteiger partial charge is 0.150 e. The third-order valence-corrected chi connectivity index (χ3v) is 3.19. The summed E-state index contributed by atoms with van der Waals surface area (Å²) in [5.41, 5.74) is 6.18. The van der Waals surface area contributed by atoms with Crippen molar-refractivity contribution in [2.24, 2.45) is 7.05 Å². The number of carbonyl (C=O) groups excluding carboxylic acids is 1. The third kappa shape index (κ3) is 1.88. The van der Waals surface area contributed by atoms with Crippen molar-refractivity contribution >= 4 is 6.29 Å². The van der Waals surface area contributed by atoms with Crippen molar-refractivity contribution < 1.29 is 4.79 Å². The molecule has 0 saturated carbocycles.